The van der Waals surface area contributed by atoms with Gasteiger partial charge in [-0.05, 0) is 24.1 Å². The van der Waals surface area contributed by atoms with Gasteiger partial charge in [-0.15, -0.1) is 0 Å². The Hall–Kier alpha value is -1.71. The Balaban J connectivity index is 2.00. The molecule has 2 rings (SSSR count). The second kappa shape index (κ2) is 3.57. The van der Waals surface area contributed by atoms with Crippen molar-refractivity contribution in [2.45, 2.75) is 12.5 Å². The van der Waals surface area contributed by atoms with Gasteiger partial charge in [0, 0.05) is 5.69 Å². The third-order valence-electron chi connectivity index (χ3n) is 2.17. The highest BCUT2D eigenvalue weighted by Gasteiger charge is 2.21. The third-order valence-corrected chi connectivity index (χ3v) is 2.17. The first-order valence-electron chi connectivity index (χ1n) is 4.52. The fourth-order valence-electron chi connectivity index (χ4n) is 1.54. The number of carbonyl (C=O) groups excluding carboxylic acids is 1. The van der Waals surface area contributed by atoms with Gasteiger partial charge in [0.25, 0.3) is 0 Å². The van der Waals surface area contributed by atoms with Crippen LogP contribution in [0.3, 0.4) is 0 Å². The summed E-state index contributed by atoms with van der Waals surface area (Å²) in [5, 5.41) is 2.72. The van der Waals surface area contributed by atoms with Crippen LogP contribution in [0.25, 0.3) is 0 Å². The van der Waals surface area contributed by atoms with Crippen LogP contribution >= 0.6 is 0 Å². The van der Waals surface area contributed by atoms with Gasteiger partial charge in [-0.2, -0.15) is 0 Å². The molecule has 1 fully saturated rings. The Kier molecular flexibility index (Phi) is 2.26. The summed E-state index contributed by atoms with van der Waals surface area (Å²) in [6.45, 7) is 0.438. The SMILES string of the molecule is Nc1cccc(C[C@H]2COC(=O)N2)c1. The van der Waals surface area contributed by atoms with Crippen molar-refractivity contribution in [3.05, 3.63) is 29.8 Å². The molecule has 1 heterocycles. The summed E-state index contributed by atoms with van der Waals surface area (Å²) in [6.07, 6.45) is 0.426. The highest BCUT2D eigenvalue weighted by Crippen LogP contribution is 2.11. The van der Waals surface area contributed by atoms with Gasteiger partial charge in [-0.3, -0.25) is 0 Å². The number of benzene rings is 1. The first-order valence-corrected chi connectivity index (χ1v) is 4.52. The number of nitrogens with two attached hydrogens (primary N) is 1. The zero-order chi connectivity index (χ0) is 9.97. The molecule has 0 saturated carbocycles. The lowest BCUT2D eigenvalue weighted by Gasteiger charge is -2.07. The van der Waals surface area contributed by atoms with Crippen LogP contribution in [0.2, 0.25) is 0 Å². The van der Waals surface area contributed by atoms with Crippen molar-refractivity contribution in [2.24, 2.45) is 0 Å². The van der Waals surface area contributed by atoms with E-state index in [1.807, 2.05) is 24.3 Å². The summed E-state index contributed by atoms with van der Waals surface area (Å²) >= 11 is 0. The summed E-state index contributed by atoms with van der Waals surface area (Å²) in [6, 6.07) is 7.71. The predicted octanol–water partition coefficient (Wildman–Crippen LogP) is 0.920. The van der Waals surface area contributed by atoms with Crippen molar-refractivity contribution in [3.8, 4) is 0 Å². The van der Waals surface area contributed by atoms with E-state index in [-0.39, 0.29) is 12.1 Å². The molecule has 1 amide bonds. The number of amides is 1. The largest absolute Gasteiger partial charge is 0.447 e. The number of hydrogen-bond acceptors (Lipinski definition) is 3. The van der Waals surface area contributed by atoms with Gasteiger partial charge in [-0.1, -0.05) is 12.1 Å². The second-order valence-electron chi connectivity index (χ2n) is 3.39. The molecule has 4 nitrogen and oxygen atoms in total. The molecule has 0 aromatic heterocycles. The van der Waals surface area contributed by atoms with E-state index in [1.54, 1.807) is 0 Å². The molecule has 74 valence electrons. The van der Waals surface area contributed by atoms with E-state index in [2.05, 4.69) is 5.32 Å². The Morgan fingerprint density at radius 1 is 1.57 bits per heavy atom. The summed E-state index contributed by atoms with van der Waals surface area (Å²) in [5.74, 6) is 0. The first-order chi connectivity index (χ1) is 6.74. The van der Waals surface area contributed by atoms with Crippen LogP contribution in [0.4, 0.5) is 10.5 Å². The lowest BCUT2D eigenvalue weighted by molar-refractivity contribution is 0.177. The fourth-order valence-corrected chi connectivity index (χ4v) is 1.54. The molecule has 1 aromatic carbocycles. The van der Waals surface area contributed by atoms with Gasteiger partial charge < -0.3 is 15.8 Å². The zero-order valence-electron chi connectivity index (χ0n) is 7.69. The fraction of sp³-hybridized carbons (Fsp3) is 0.300. The molecule has 14 heavy (non-hydrogen) atoms. The average Bonchev–Trinajstić information content (AvgIpc) is 2.51. The van der Waals surface area contributed by atoms with Crippen LogP contribution in [0.15, 0.2) is 24.3 Å². The molecule has 1 aliphatic heterocycles. The zero-order valence-corrected chi connectivity index (χ0v) is 7.69. The number of alkyl carbamates (subject to hydrolysis) is 1. The highest BCUT2D eigenvalue weighted by molar-refractivity contribution is 5.69. The van der Waals surface area contributed by atoms with Gasteiger partial charge in [0.1, 0.15) is 6.61 Å². The lowest BCUT2D eigenvalue weighted by atomic mass is 10.1. The van der Waals surface area contributed by atoms with Crippen molar-refractivity contribution in [3.63, 3.8) is 0 Å². The third kappa shape index (κ3) is 1.96. The molecule has 1 atom stereocenters. The van der Waals surface area contributed by atoms with E-state index in [0.29, 0.717) is 6.61 Å². The summed E-state index contributed by atoms with van der Waals surface area (Å²) < 4.78 is 4.79. The smallest absolute Gasteiger partial charge is 0.407 e. The molecule has 1 aromatic rings. The van der Waals surface area contributed by atoms with Crippen molar-refractivity contribution in [1.29, 1.82) is 0 Å². The van der Waals surface area contributed by atoms with Crippen molar-refractivity contribution >= 4 is 11.8 Å². The Labute approximate surface area is 82.1 Å². The van der Waals surface area contributed by atoms with Gasteiger partial charge >= 0.3 is 6.09 Å². The van der Waals surface area contributed by atoms with E-state index in [0.717, 1.165) is 17.7 Å². The standard InChI is InChI=1S/C10H12N2O2/c11-8-3-1-2-7(4-8)5-9-6-14-10(13)12-9/h1-4,9H,5-6,11H2,(H,12,13)/t9-/m0/s1. The van der Waals surface area contributed by atoms with Gasteiger partial charge in [0.05, 0.1) is 6.04 Å². The number of rotatable bonds is 2. The molecule has 0 unspecified atom stereocenters. The van der Waals surface area contributed by atoms with Crippen LogP contribution in [0, 0.1) is 0 Å². The topological polar surface area (TPSA) is 64.3 Å². The van der Waals surface area contributed by atoms with E-state index >= 15 is 0 Å². The molecule has 1 saturated heterocycles. The quantitative estimate of drug-likeness (QED) is 0.685. The number of cyclic esters (lactones) is 1. The van der Waals surface area contributed by atoms with Crippen LogP contribution in [0.5, 0.6) is 0 Å². The van der Waals surface area contributed by atoms with Gasteiger partial charge in [0.2, 0.25) is 0 Å². The van der Waals surface area contributed by atoms with E-state index in [1.165, 1.54) is 0 Å². The number of carbonyl (C=O) groups is 1. The van der Waals surface area contributed by atoms with Crippen LogP contribution < -0.4 is 11.1 Å². The van der Waals surface area contributed by atoms with Gasteiger partial charge in [0.15, 0.2) is 0 Å². The minimum absolute atomic E-state index is 0.0734. The molecular formula is C10H12N2O2. The van der Waals surface area contributed by atoms with E-state index < -0.39 is 0 Å². The predicted molar refractivity (Wildman–Crippen MR) is 52.8 cm³/mol. The Morgan fingerprint density at radius 2 is 2.43 bits per heavy atom. The van der Waals surface area contributed by atoms with Crippen molar-refractivity contribution < 1.29 is 9.53 Å². The van der Waals surface area contributed by atoms with E-state index in [4.69, 9.17) is 10.5 Å². The first kappa shape index (κ1) is 8.87. The molecule has 0 aliphatic carbocycles. The molecule has 0 spiro atoms. The monoisotopic (exact) mass is 192 g/mol. The number of nitrogen functional groups attached to an aromatic ring is 1. The average molecular weight is 192 g/mol. The number of ether oxygens (including phenoxy) is 1. The molecule has 0 bridgehead atoms. The van der Waals surface area contributed by atoms with Crippen LogP contribution in [-0.2, 0) is 11.2 Å². The minimum Gasteiger partial charge on any atom is -0.447 e. The van der Waals surface area contributed by atoms with Crippen LogP contribution in [-0.4, -0.2) is 18.7 Å². The molecule has 0 radical (unpaired) electrons. The summed E-state index contributed by atoms with van der Waals surface area (Å²) in [4.78, 5) is 10.8. The molecule has 1 aliphatic rings. The van der Waals surface area contributed by atoms with E-state index in [9.17, 15) is 4.79 Å². The lowest BCUT2D eigenvalue weighted by Crippen LogP contribution is -2.28. The Morgan fingerprint density at radius 3 is 3.07 bits per heavy atom. The molecule has 3 N–H and O–H groups in total. The molecule has 4 heteroatoms. The number of hydrogen-bond donors (Lipinski definition) is 2. The summed E-state index contributed by atoms with van der Waals surface area (Å²) in [5.41, 5.74) is 7.50. The van der Waals surface area contributed by atoms with Crippen molar-refractivity contribution in [1.82, 2.24) is 5.32 Å². The molecular weight excluding hydrogens is 180 g/mol. The van der Waals surface area contributed by atoms with Crippen molar-refractivity contribution in [2.75, 3.05) is 12.3 Å². The highest BCUT2D eigenvalue weighted by atomic mass is 16.6. The van der Waals surface area contributed by atoms with Crippen LogP contribution in [0.1, 0.15) is 5.56 Å². The number of nitrogens with one attached hydrogen (secondary N) is 1. The second-order valence-corrected chi connectivity index (χ2v) is 3.39. The number of anilines is 1. The minimum atomic E-state index is -0.334. The maximum absolute atomic E-state index is 10.8. The summed E-state index contributed by atoms with van der Waals surface area (Å²) in [7, 11) is 0. The maximum Gasteiger partial charge on any atom is 0.407 e. The normalized spacial score (nSPS) is 20.3. The maximum atomic E-state index is 10.8. The van der Waals surface area contributed by atoms with Gasteiger partial charge in [-0.25, -0.2) is 4.79 Å². The Bertz CT molecular complexity index is 352.